The summed E-state index contributed by atoms with van der Waals surface area (Å²) >= 11 is 2.31. The minimum absolute atomic E-state index is 0. The third-order valence-corrected chi connectivity index (χ3v) is 0. The predicted molar refractivity (Wildman–Crippen MR) is 0.686 cm³/mol. The van der Waals surface area contributed by atoms with E-state index in [4.69, 9.17) is 3.87 Å². The Kier molecular flexibility index (Phi) is 77.8. The molecule has 0 heterocycles. The molecule has 26 valence electrons. The molecule has 0 saturated heterocycles. The Hall–Kier alpha value is 2.19. The molecule has 4 heteroatoms. The second kappa shape index (κ2) is 19.0. The van der Waals surface area contributed by atoms with E-state index in [1.807, 2.05) is 0 Å². The first kappa shape index (κ1) is 16.4. The first-order chi connectivity index (χ1) is 1.00. The Bertz CT molecular complexity index is 8.00. The molecule has 1 nitrogen and oxygen atoms in total. The van der Waals surface area contributed by atoms with Crippen molar-refractivity contribution in [3.05, 3.63) is 0 Å². The van der Waals surface area contributed by atoms with Gasteiger partial charge >= 0.3 is 19.5 Å². The van der Waals surface area contributed by atoms with Gasteiger partial charge in [-0.05, 0) is 0 Å². The van der Waals surface area contributed by atoms with E-state index in [1.165, 1.54) is 0 Å². The average molecular weight is 272 g/mol. The van der Waals surface area contributed by atoms with Crippen LogP contribution in [0.25, 0.3) is 0 Å². The first-order valence-electron chi connectivity index (χ1n) is 0.136. The molecule has 0 saturated carbocycles. The summed E-state index contributed by atoms with van der Waals surface area (Å²) in [7, 11) is 0. The summed E-state index contributed by atoms with van der Waals surface area (Å²) in [5.74, 6) is 0. The van der Waals surface area contributed by atoms with Crippen molar-refractivity contribution in [1.29, 1.82) is 0 Å². The zero-order chi connectivity index (χ0) is 2.00. The van der Waals surface area contributed by atoms with Gasteiger partial charge in [0.25, 0.3) is 0 Å². The molecule has 0 amide bonds. The van der Waals surface area contributed by atoms with Gasteiger partial charge in [-0.2, -0.15) is 0 Å². The fourth-order valence-electron chi connectivity index (χ4n) is 0. The van der Waals surface area contributed by atoms with Crippen LogP contribution in [0.1, 0.15) is 0 Å². The molecule has 0 atom stereocenters. The van der Waals surface area contributed by atoms with Crippen molar-refractivity contribution < 1.29 is 77.9 Å². The Morgan fingerprint density at radius 3 is 1.25 bits per heavy atom. The van der Waals surface area contributed by atoms with E-state index >= 15 is 0 Å². The van der Waals surface area contributed by atoms with E-state index in [-0.39, 0.29) is 58.4 Å². The molecule has 0 aliphatic rings. The van der Waals surface area contributed by atoms with Gasteiger partial charge in [-0.3, -0.25) is 0 Å². The van der Waals surface area contributed by atoms with Crippen molar-refractivity contribution in [2.75, 3.05) is 0 Å². The number of hydrogen-bond donors (Lipinski definition) is 0. The SMILES string of the molecule is [Fe].[O]=[Co].[Pr]. The summed E-state index contributed by atoms with van der Waals surface area (Å²) in [5, 5.41) is 0. The zero-order valence-corrected chi connectivity index (χ0v) is 7.52. The van der Waals surface area contributed by atoms with Crippen LogP contribution in [-0.4, -0.2) is 0 Å². The standard InChI is InChI=1S/Co.Fe.O.Pr. The predicted octanol–water partition coefficient (Wildman–Crippen LogP) is -0.124. The second-order valence-corrected chi connectivity index (χ2v) is 0. The van der Waals surface area contributed by atoms with Crippen LogP contribution in [0.3, 0.4) is 0 Å². The van der Waals surface area contributed by atoms with Crippen LogP contribution in [0.5, 0.6) is 0 Å². The van der Waals surface area contributed by atoms with Gasteiger partial charge in [-0.25, -0.2) is 0 Å². The van der Waals surface area contributed by atoms with Gasteiger partial charge in [-0.15, -0.1) is 0 Å². The molecule has 0 aromatic rings. The Labute approximate surface area is 76.5 Å². The van der Waals surface area contributed by atoms with Gasteiger partial charge in [0.05, 0.1) is 0 Å². The topological polar surface area (TPSA) is 17.1 Å². The molecule has 0 aromatic heterocycles. The second-order valence-electron chi connectivity index (χ2n) is 0. The Balaban J connectivity index is -0.00000000500. The molecule has 0 rings (SSSR count). The van der Waals surface area contributed by atoms with Crippen LogP contribution in [0.15, 0.2) is 0 Å². The maximum Gasteiger partial charge on any atom is 0 e. The van der Waals surface area contributed by atoms with Crippen LogP contribution in [0, 0.1) is 41.3 Å². The third kappa shape index (κ3) is 8.89. The summed E-state index contributed by atoms with van der Waals surface area (Å²) in [6.45, 7) is 0. The van der Waals surface area contributed by atoms with Gasteiger partial charge in [0.1, 0.15) is 0 Å². The van der Waals surface area contributed by atoms with Crippen LogP contribution >= 0.6 is 0 Å². The minimum Gasteiger partial charge on any atom is 0 e. The normalized spacial score (nSPS) is 1.25. The summed E-state index contributed by atoms with van der Waals surface area (Å²) in [6.07, 6.45) is 0. The monoisotopic (exact) mass is 272 g/mol. The fraction of sp³-hybridized carbons (Fsp3) is 0. The van der Waals surface area contributed by atoms with E-state index < -0.39 is 0 Å². The van der Waals surface area contributed by atoms with Crippen LogP contribution < -0.4 is 0 Å². The van der Waals surface area contributed by atoms with Crippen molar-refractivity contribution in [3.8, 4) is 0 Å². The fourth-order valence-corrected chi connectivity index (χ4v) is 0. The minimum atomic E-state index is 0. The molecule has 4 heavy (non-hydrogen) atoms. The summed E-state index contributed by atoms with van der Waals surface area (Å²) in [6, 6.07) is 0. The number of rotatable bonds is 0. The van der Waals surface area contributed by atoms with Crippen LogP contribution in [0.2, 0.25) is 0 Å². The molecule has 0 N–H and O–H groups in total. The first-order valence-corrected chi connectivity index (χ1v) is 0.561. The van der Waals surface area contributed by atoms with Gasteiger partial charge < -0.3 is 0 Å². The molecule has 0 aliphatic heterocycles. The van der Waals surface area contributed by atoms with E-state index in [1.54, 1.807) is 0 Å². The van der Waals surface area contributed by atoms with E-state index in [0.29, 0.717) is 0 Å². The smallest absolute Gasteiger partial charge is 0 e. The molecule has 0 bridgehead atoms. The largest absolute Gasteiger partial charge is 0 e. The molecular weight excluding hydrogens is 272 g/mol. The van der Waals surface area contributed by atoms with Crippen LogP contribution in [0.4, 0.5) is 0 Å². The Morgan fingerprint density at radius 1 is 1.25 bits per heavy atom. The molecule has 0 fully saturated rings. The van der Waals surface area contributed by atoms with Crippen molar-refractivity contribution in [3.63, 3.8) is 0 Å². The maximum absolute atomic E-state index is 7.94. The van der Waals surface area contributed by atoms with Crippen molar-refractivity contribution in [1.82, 2.24) is 0 Å². The maximum atomic E-state index is 7.94. The average Bonchev–Trinajstić information content (AvgIpc) is 1.00. The van der Waals surface area contributed by atoms with Gasteiger partial charge in [0.2, 0.25) is 0 Å². The van der Waals surface area contributed by atoms with Crippen molar-refractivity contribution in [2.45, 2.75) is 0 Å². The summed E-state index contributed by atoms with van der Waals surface area (Å²) in [5.41, 5.74) is 0. The number of hydrogen-bond acceptors (Lipinski definition) is 1. The van der Waals surface area contributed by atoms with Crippen molar-refractivity contribution in [2.24, 2.45) is 0 Å². The van der Waals surface area contributed by atoms with Crippen molar-refractivity contribution >= 4 is 0 Å². The van der Waals surface area contributed by atoms with Gasteiger partial charge in [0, 0.05) is 58.4 Å². The molecule has 0 aliphatic carbocycles. The summed E-state index contributed by atoms with van der Waals surface area (Å²) in [4.78, 5) is 0. The quantitative estimate of drug-likeness (QED) is 0.562. The molecular formula is CoFeOPr. The zero-order valence-electron chi connectivity index (χ0n) is 1.67. The third-order valence-electron chi connectivity index (χ3n) is 0. The van der Waals surface area contributed by atoms with Gasteiger partial charge in [0.15, 0.2) is 0 Å². The molecule has 0 spiro atoms. The van der Waals surface area contributed by atoms with Gasteiger partial charge in [-0.1, -0.05) is 0 Å². The van der Waals surface area contributed by atoms with E-state index in [0.717, 1.165) is 0 Å². The Morgan fingerprint density at radius 2 is 1.25 bits per heavy atom. The summed E-state index contributed by atoms with van der Waals surface area (Å²) < 4.78 is 7.94. The molecule has 0 aromatic carbocycles. The van der Waals surface area contributed by atoms with Crippen LogP contribution in [-0.2, 0) is 36.6 Å². The van der Waals surface area contributed by atoms with E-state index in [9.17, 15) is 0 Å². The van der Waals surface area contributed by atoms with E-state index in [2.05, 4.69) is 15.7 Å². The molecule has 0 unspecified atom stereocenters. The molecule has 1 radical (unpaired) electrons.